The van der Waals surface area contributed by atoms with Crippen LogP contribution in [0.15, 0.2) is 12.1 Å². The van der Waals surface area contributed by atoms with E-state index >= 15 is 0 Å². The summed E-state index contributed by atoms with van der Waals surface area (Å²) in [5.74, 6) is 1.65. The van der Waals surface area contributed by atoms with E-state index < -0.39 is 6.04 Å². The van der Waals surface area contributed by atoms with Crippen molar-refractivity contribution in [2.45, 2.75) is 45.6 Å². The summed E-state index contributed by atoms with van der Waals surface area (Å²) in [4.78, 5) is 65.9. The van der Waals surface area contributed by atoms with Crippen LogP contribution in [0.5, 0.6) is 11.5 Å². The minimum Gasteiger partial charge on any atom is -0.493 e. The van der Waals surface area contributed by atoms with Crippen LogP contribution < -0.4 is 19.7 Å². The highest BCUT2D eigenvalue weighted by atomic mass is 32.2. The normalized spacial score (nSPS) is 19.5. The maximum Gasteiger partial charge on any atom is 0.248 e. The number of amides is 3. The lowest BCUT2D eigenvalue weighted by atomic mass is 10.1. The quantitative estimate of drug-likeness (QED) is 0.459. The molecular weight excluding hydrogens is 560 g/mol. The highest BCUT2D eigenvalue weighted by Crippen LogP contribution is 2.36. The molecule has 3 aliphatic rings. The third-order valence-electron chi connectivity index (χ3n) is 8.03. The number of thioether (sulfide) groups is 1. The summed E-state index contributed by atoms with van der Waals surface area (Å²) < 4.78 is 11.0. The zero-order valence-electron chi connectivity index (χ0n) is 24.6. The van der Waals surface area contributed by atoms with Gasteiger partial charge in [-0.1, -0.05) is 18.7 Å². The molecule has 1 saturated carbocycles. The number of rotatable bonds is 9. The number of anilines is 2. The monoisotopic (exact) mass is 598 g/mol. The molecule has 1 aromatic heterocycles. The number of benzene rings is 1. The molecule has 3 fully saturated rings. The molecule has 1 aromatic carbocycles. The average Bonchev–Trinajstić information content (AvgIpc) is 3.73. The average molecular weight is 599 g/mol. The fraction of sp³-hybridized carbons (Fsp3) is 0.586. The number of carbonyl (C=O) groups is 4. The number of ether oxygens (including phenoxy) is 2. The Hall–Kier alpha value is -3.61. The number of likely N-dealkylation sites (tertiary alicyclic amines) is 1. The van der Waals surface area contributed by atoms with Gasteiger partial charge in [0.15, 0.2) is 16.6 Å². The van der Waals surface area contributed by atoms with E-state index in [0.29, 0.717) is 85.5 Å². The number of fused-ring (bicyclic) bond motifs is 1. The van der Waals surface area contributed by atoms with Crippen molar-refractivity contribution >= 4 is 57.3 Å². The zero-order valence-corrected chi connectivity index (χ0v) is 25.4. The standard InChI is InChI=1S/C29H38N6O6S/c1-17(16-42-18(2)36)27(38)35-9-5-6-22(35)26(37)31-25-20-14-23(40-3)24(41-4)15-21(20)30-29(32-25)34-12-10-33(11-13-34)28(39)19-7-8-19/h14-15,17,19,22H,5-13,16H2,1-4H3,(H,30,31,32,37)/t17?,22-/m0/s1. The summed E-state index contributed by atoms with van der Waals surface area (Å²) in [7, 11) is 3.08. The molecule has 0 spiro atoms. The van der Waals surface area contributed by atoms with E-state index in [1.165, 1.54) is 14.0 Å². The Kier molecular flexibility index (Phi) is 9.05. The number of hydrogen-bond donors (Lipinski definition) is 1. The Morgan fingerprint density at radius 2 is 1.69 bits per heavy atom. The van der Waals surface area contributed by atoms with Gasteiger partial charge in [-0.15, -0.1) is 0 Å². The predicted octanol–water partition coefficient (Wildman–Crippen LogP) is 2.55. The molecule has 1 aliphatic carbocycles. The molecule has 0 radical (unpaired) electrons. The first-order valence-corrected chi connectivity index (χ1v) is 15.4. The second kappa shape index (κ2) is 12.7. The molecular formula is C29H38N6O6S. The maximum atomic E-state index is 13.7. The number of nitrogens with zero attached hydrogens (tertiary/aromatic N) is 5. The van der Waals surface area contributed by atoms with E-state index in [1.807, 2.05) is 9.80 Å². The number of piperazine rings is 1. The Morgan fingerprint density at radius 3 is 2.33 bits per heavy atom. The van der Waals surface area contributed by atoms with Crippen LogP contribution in [0, 0.1) is 11.8 Å². The van der Waals surface area contributed by atoms with E-state index in [9.17, 15) is 19.2 Å². The summed E-state index contributed by atoms with van der Waals surface area (Å²) in [5, 5.41) is 3.52. The van der Waals surface area contributed by atoms with Gasteiger partial charge in [0, 0.05) is 68.7 Å². The fourth-order valence-corrected chi connectivity index (χ4v) is 6.12. The van der Waals surface area contributed by atoms with Crippen LogP contribution in [0.1, 0.15) is 39.5 Å². The van der Waals surface area contributed by atoms with Crippen LogP contribution in [0.4, 0.5) is 11.8 Å². The molecule has 1 N–H and O–H groups in total. The molecule has 2 aliphatic heterocycles. The van der Waals surface area contributed by atoms with Crippen molar-refractivity contribution in [3.63, 3.8) is 0 Å². The SMILES string of the molecule is COc1cc2nc(N3CCN(C(=O)C4CC4)CC3)nc(NC(=O)[C@@H]3CCCN3C(=O)C(C)CSC(C)=O)c2cc1OC. The third kappa shape index (κ3) is 6.40. The highest BCUT2D eigenvalue weighted by Gasteiger charge is 2.37. The third-order valence-corrected chi connectivity index (χ3v) is 9.10. The molecule has 1 unspecified atom stereocenters. The van der Waals surface area contributed by atoms with Crippen LogP contribution in [-0.4, -0.2) is 101 Å². The van der Waals surface area contributed by atoms with Crippen LogP contribution in [0.2, 0.25) is 0 Å². The van der Waals surface area contributed by atoms with Crippen LogP contribution in [-0.2, 0) is 19.2 Å². The van der Waals surface area contributed by atoms with E-state index in [4.69, 9.17) is 19.4 Å². The first-order valence-electron chi connectivity index (χ1n) is 14.4. The van der Waals surface area contributed by atoms with Crippen molar-refractivity contribution in [1.29, 1.82) is 0 Å². The van der Waals surface area contributed by atoms with Crippen molar-refractivity contribution in [2.75, 3.05) is 62.9 Å². The summed E-state index contributed by atoms with van der Waals surface area (Å²) in [6.07, 6.45) is 3.19. The Balaban J connectivity index is 1.40. The van der Waals surface area contributed by atoms with Gasteiger partial charge >= 0.3 is 0 Å². The smallest absolute Gasteiger partial charge is 0.248 e. The zero-order chi connectivity index (χ0) is 30.0. The highest BCUT2D eigenvalue weighted by molar-refractivity contribution is 8.13. The second-order valence-electron chi connectivity index (χ2n) is 11.1. The molecule has 2 aromatic rings. The van der Waals surface area contributed by atoms with Crippen molar-refractivity contribution in [3.05, 3.63) is 12.1 Å². The van der Waals surface area contributed by atoms with Crippen LogP contribution >= 0.6 is 11.8 Å². The topological polar surface area (TPSA) is 134 Å². The molecule has 12 nitrogen and oxygen atoms in total. The number of carbonyl (C=O) groups excluding carboxylic acids is 4. The predicted molar refractivity (Wildman–Crippen MR) is 160 cm³/mol. The van der Waals surface area contributed by atoms with Gasteiger partial charge in [-0.25, -0.2) is 4.98 Å². The van der Waals surface area contributed by atoms with Crippen LogP contribution in [0.3, 0.4) is 0 Å². The molecule has 226 valence electrons. The van der Waals surface area contributed by atoms with Crippen molar-refractivity contribution in [3.8, 4) is 11.5 Å². The number of hydrogen-bond acceptors (Lipinski definition) is 10. The first kappa shape index (κ1) is 29.9. The summed E-state index contributed by atoms with van der Waals surface area (Å²) in [6, 6.07) is 2.84. The number of nitrogens with one attached hydrogen (secondary N) is 1. The van der Waals surface area contributed by atoms with Gasteiger partial charge in [0.25, 0.3) is 0 Å². The van der Waals surface area contributed by atoms with Gasteiger partial charge < -0.3 is 29.5 Å². The van der Waals surface area contributed by atoms with Gasteiger partial charge in [0.1, 0.15) is 11.9 Å². The van der Waals surface area contributed by atoms with Gasteiger partial charge in [0.2, 0.25) is 23.7 Å². The van der Waals surface area contributed by atoms with Gasteiger partial charge in [-0.3, -0.25) is 19.2 Å². The molecule has 2 atom stereocenters. The van der Waals surface area contributed by atoms with E-state index in [0.717, 1.165) is 24.6 Å². The van der Waals surface area contributed by atoms with Gasteiger partial charge in [-0.05, 0) is 31.7 Å². The molecule has 3 heterocycles. The molecule has 13 heteroatoms. The van der Waals surface area contributed by atoms with E-state index in [-0.39, 0.29) is 34.7 Å². The minimum atomic E-state index is -0.645. The first-order chi connectivity index (χ1) is 20.2. The van der Waals surface area contributed by atoms with Gasteiger partial charge in [0.05, 0.1) is 19.7 Å². The molecule has 2 saturated heterocycles. The maximum absolute atomic E-state index is 13.7. The van der Waals surface area contributed by atoms with Crippen molar-refractivity contribution in [2.24, 2.45) is 11.8 Å². The second-order valence-corrected chi connectivity index (χ2v) is 12.3. The Morgan fingerprint density at radius 1 is 1.00 bits per heavy atom. The summed E-state index contributed by atoms with van der Waals surface area (Å²) >= 11 is 1.12. The summed E-state index contributed by atoms with van der Waals surface area (Å²) in [5.41, 5.74) is 0.568. The van der Waals surface area contributed by atoms with Gasteiger partial charge in [-0.2, -0.15) is 4.98 Å². The van der Waals surface area contributed by atoms with Crippen molar-refractivity contribution in [1.82, 2.24) is 19.8 Å². The fourth-order valence-electron chi connectivity index (χ4n) is 5.50. The molecule has 3 amide bonds. The van der Waals surface area contributed by atoms with E-state index in [1.54, 1.807) is 31.1 Å². The minimum absolute atomic E-state index is 0.0419. The van der Waals surface area contributed by atoms with Crippen LogP contribution in [0.25, 0.3) is 10.9 Å². The molecule has 0 bridgehead atoms. The Labute approximate surface area is 249 Å². The lowest BCUT2D eigenvalue weighted by Crippen LogP contribution is -2.49. The van der Waals surface area contributed by atoms with Crippen molar-refractivity contribution < 1.29 is 28.7 Å². The van der Waals surface area contributed by atoms with E-state index in [2.05, 4.69) is 5.32 Å². The summed E-state index contributed by atoms with van der Waals surface area (Å²) in [6.45, 7) is 6.07. The Bertz CT molecular complexity index is 1380. The lowest BCUT2D eigenvalue weighted by Gasteiger charge is -2.35. The largest absolute Gasteiger partial charge is 0.493 e. The number of aromatic nitrogens is 2. The molecule has 5 rings (SSSR count). The lowest BCUT2D eigenvalue weighted by molar-refractivity contribution is -0.139. The number of methoxy groups -OCH3 is 2. The molecule has 42 heavy (non-hydrogen) atoms.